The SMILES string of the molecule is COC(=O)c1ccc2[nH]c3c(c2c1)CN(C(=O)CCNS(=O)(=O)c1ccc(F)c(F)c1)CC3. The number of hydrogen-bond donors (Lipinski definition) is 2. The van der Waals surface area contributed by atoms with Gasteiger partial charge in [-0.05, 0) is 36.4 Å². The van der Waals surface area contributed by atoms with Crippen LogP contribution >= 0.6 is 0 Å². The summed E-state index contributed by atoms with van der Waals surface area (Å²) in [5.74, 6) is -3.13. The van der Waals surface area contributed by atoms with Crippen LogP contribution in [-0.2, 0) is 32.5 Å². The van der Waals surface area contributed by atoms with Gasteiger partial charge < -0.3 is 14.6 Å². The Kier molecular flexibility index (Phi) is 6.17. The zero-order valence-corrected chi connectivity index (χ0v) is 18.5. The molecule has 1 aromatic heterocycles. The molecule has 11 heteroatoms. The highest BCUT2D eigenvalue weighted by atomic mass is 32.2. The van der Waals surface area contributed by atoms with Crippen LogP contribution in [0.5, 0.6) is 0 Å². The Bertz CT molecular complexity index is 1350. The molecule has 0 radical (unpaired) electrons. The number of carbonyl (C=O) groups excluding carboxylic acids is 2. The maximum absolute atomic E-state index is 13.3. The van der Waals surface area contributed by atoms with Crippen molar-refractivity contribution in [2.24, 2.45) is 0 Å². The first-order valence-corrected chi connectivity index (χ1v) is 11.6. The van der Waals surface area contributed by atoms with Gasteiger partial charge in [-0.3, -0.25) is 4.79 Å². The van der Waals surface area contributed by atoms with E-state index in [0.29, 0.717) is 31.1 Å². The molecular formula is C22H21F2N3O5S. The normalized spacial score (nSPS) is 13.7. The Balaban J connectivity index is 1.42. The van der Waals surface area contributed by atoms with Gasteiger partial charge in [0.25, 0.3) is 0 Å². The third kappa shape index (κ3) is 4.60. The molecule has 2 N–H and O–H groups in total. The Morgan fingerprint density at radius 1 is 1.15 bits per heavy atom. The Labute approximate surface area is 188 Å². The summed E-state index contributed by atoms with van der Waals surface area (Å²) in [5.41, 5.74) is 3.14. The molecular weight excluding hydrogens is 456 g/mol. The summed E-state index contributed by atoms with van der Waals surface area (Å²) in [4.78, 5) is 29.1. The molecule has 174 valence electrons. The summed E-state index contributed by atoms with van der Waals surface area (Å²) in [6, 6.07) is 7.45. The van der Waals surface area contributed by atoms with Crippen molar-refractivity contribution < 1.29 is 31.5 Å². The van der Waals surface area contributed by atoms with Gasteiger partial charge in [-0.2, -0.15) is 0 Å². The van der Waals surface area contributed by atoms with Gasteiger partial charge in [-0.1, -0.05) is 0 Å². The maximum Gasteiger partial charge on any atom is 0.337 e. The summed E-state index contributed by atoms with van der Waals surface area (Å²) in [6.45, 7) is 0.580. The Morgan fingerprint density at radius 2 is 1.94 bits per heavy atom. The third-order valence-electron chi connectivity index (χ3n) is 5.58. The van der Waals surface area contributed by atoms with Crippen molar-refractivity contribution in [1.29, 1.82) is 0 Å². The highest BCUT2D eigenvalue weighted by Gasteiger charge is 2.25. The molecule has 0 spiro atoms. The number of nitrogens with one attached hydrogen (secondary N) is 2. The molecule has 0 atom stereocenters. The number of nitrogens with zero attached hydrogens (tertiary/aromatic N) is 1. The quantitative estimate of drug-likeness (QED) is 0.531. The van der Waals surface area contributed by atoms with Crippen molar-refractivity contribution in [3.05, 3.63) is 64.9 Å². The van der Waals surface area contributed by atoms with Gasteiger partial charge in [0.05, 0.1) is 17.6 Å². The summed E-state index contributed by atoms with van der Waals surface area (Å²) in [6.07, 6.45) is 0.484. The second kappa shape index (κ2) is 8.91. The molecule has 0 bridgehead atoms. The minimum absolute atomic E-state index is 0.103. The number of sulfonamides is 1. The predicted molar refractivity (Wildman–Crippen MR) is 115 cm³/mol. The smallest absolute Gasteiger partial charge is 0.337 e. The van der Waals surface area contributed by atoms with Crippen molar-refractivity contribution in [3.8, 4) is 0 Å². The van der Waals surface area contributed by atoms with Gasteiger partial charge in [0.2, 0.25) is 15.9 Å². The van der Waals surface area contributed by atoms with E-state index < -0.39 is 32.5 Å². The van der Waals surface area contributed by atoms with Crippen molar-refractivity contribution >= 4 is 32.8 Å². The van der Waals surface area contributed by atoms with Crippen LogP contribution in [0, 0.1) is 11.6 Å². The van der Waals surface area contributed by atoms with Gasteiger partial charge in [0.1, 0.15) is 0 Å². The third-order valence-corrected chi connectivity index (χ3v) is 7.04. The molecule has 1 amide bonds. The number of rotatable bonds is 6. The van der Waals surface area contributed by atoms with Crippen molar-refractivity contribution in [2.75, 3.05) is 20.2 Å². The fraction of sp³-hybridized carbons (Fsp3) is 0.273. The largest absolute Gasteiger partial charge is 0.465 e. The summed E-state index contributed by atoms with van der Waals surface area (Å²) in [7, 11) is -2.78. The molecule has 0 saturated heterocycles. The summed E-state index contributed by atoms with van der Waals surface area (Å²) >= 11 is 0. The minimum atomic E-state index is -4.09. The molecule has 0 fully saturated rings. The first-order chi connectivity index (χ1) is 15.7. The van der Waals surface area contributed by atoms with Crippen LogP contribution in [0.15, 0.2) is 41.3 Å². The fourth-order valence-corrected chi connectivity index (χ4v) is 4.89. The van der Waals surface area contributed by atoms with E-state index >= 15 is 0 Å². The average molecular weight is 477 g/mol. The van der Waals surface area contributed by atoms with Gasteiger partial charge >= 0.3 is 5.97 Å². The van der Waals surface area contributed by atoms with E-state index in [4.69, 9.17) is 4.74 Å². The lowest BCUT2D eigenvalue weighted by Crippen LogP contribution is -2.37. The number of fused-ring (bicyclic) bond motifs is 3. The lowest BCUT2D eigenvalue weighted by Gasteiger charge is -2.27. The first-order valence-electron chi connectivity index (χ1n) is 10.1. The molecule has 1 aliphatic heterocycles. The topological polar surface area (TPSA) is 109 Å². The van der Waals surface area contributed by atoms with E-state index in [1.807, 2.05) is 0 Å². The van der Waals surface area contributed by atoms with Crippen LogP contribution < -0.4 is 4.72 Å². The van der Waals surface area contributed by atoms with Crippen LogP contribution in [0.1, 0.15) is 28.0 Å². The number of hydrogen-bond acceptors (Lipinski definition) is 5. The van der Waals surface area contributed by atoms with E-state index in [0.717, 1.165) is 34.3 Å². The van der Waals surface area contributed by atoms with Crippen LogP contribution in [-0.4, -0.2) is 50.4 Å². The van der Waals surface area contributed by atoms with E-state index in [9.17, 15) is 26.8 Å². The molecule has 4 rings (SSSR count). The van der Waals surface area contributed by atoms with Crippen molar-refractivity contribution in [3.63, 3.8) is 0 Å². The highest BCUT2D eigenvalue weighted by molar-refractivity contribution is 7.89. The van der Waals surface area contributed by atoms with Crippen molar-refractivity contribution in [2.45, 2.75) is 24.3 Å². The van der Waals surface area contributed by atoms with Gasteiger partial charge in [0, 0.05) is 54.6 Å². The minimum Gasteiger partial charge on any atom is -0.465 e. The standard InChI is InChI=1S/C22H21F2N3O5S/c1-32-22(29)13-2-5-19-15(10-13)16-12-27(9-7-20(16)26-19)21(28)6-8-25-33(30,31)14-3-4-17(23)18(24)11-14/h2-5,10-11,25-26H,6-9,12H2,1H3. The zero-order valence-electron chi connectivity index (χ0n) is 17.7. The fourth-order valence-electron chi connectivity index (χ4n) is 3.85. The maximum atomic E-state index is 13.3. The zero-order chi connectivity index (χ0) is 23.8. The number of halogens is 2. The number of carbonyl (C=O) groups is 2. The second-order valence-electron chi connectivity index (χ2n) is 7.62. The first kappa shape index (κ1) is 22.9. The number of benzene rings is 2. The average Bonchev–Trinajstić information content (AvgIpc) is 3.17. The van der Waals surface area contributed by atoms with Crippen molar-refractivity contribution in [1.82, 2.24) is 14.6 Å². The Hall–Kier alpha value is -3.31. The second-order valence-corrected chi connectivity index (χ2v) is 9.39. The number of methoxy groups -OCH3 is 1. The predicted octanol–water partition coefficient (Wildman–Crippen LogP) is 2.49. The molecule has 2 heterocycles. The summed E-state index contributed by atoms with van der Waals surface area (Å²) in [5, 5.41) is 0.824. The Morgan fingerprint density at radius 3 is 2.67 bits per heavy atom. The molecule has 0 aliphatic carbocycles. The van der Waals surface area contributed by atoms with E-state index in [1.165, 1.54) is 7.11 Å². The molecule has 2 aromatic carbocycles. The lowest BCUT2D eigenvalue weighted by atomic mass is 10.0. The lowest BCUT2D eigenvalue weighted by molar-refractivity contribution is -0.131. The number of esters is 1. The summed E-state index contributed by atoms with van der Waals surface area (Å²) < 4.78 is 57.9. The highest BCUT2D eigenvalue weighted by Crippen LogP contribution is 2.29. The van der Waals surface area contributed by atoms with Crippen LogP contribution in [0.4, 0.5) is 8.78 Å². The monoisotopic (exact) mass is 477 g/mol. The molecule has 8 nitrogen and oxygen atoms in total. The molecule has 3 aromatic rings. The molecule has 0 saturated carbocycles. The number of aromatic nitrogens is 1. The van der Waals surface area contributed by atoms with Crippen LogP contribution in [0.25, 0.3) is 10.9 Å². The number of amides is 1. The van der Waals surface area contributed by atoms with Gasteiger partial charge in [-0.25, -0.2) is 26.7 Å². The van der Waals surface area contributed by atoms with Crippen LogP contribution in [0.3, 0.4) is 0 Å². The van der Waals surface area contributed by atoms with E-state index in [2.05, 4.69) is 9.71 Å². The van der Waals surface area contributed by atoms with Crippen LogP contribution in [0.2, 0.25) is 0 Å². The van der Waals surface area contributed by atoms with E-state index in [1.54, 1.807) is 23.1 Å². The molecule has 33 heavy (non-hydrogen) atoms. The molecule has 1 aliphatic rings. The number of aromatic amines is 1. The van der Waals surface area contributed by atoms with E-state index in [-0.39, 0.29) is 18.9 Å². The number of H-pyrrole nitrogens is 1. The molecule has 0 unspecified atom stereocenters. The van der Waals surface area contributed by atoms with Gasteiger partial charge in [-0.15, -0.1) is 0 Å². The van der Waals surface area contributed by atoms with Gasteiger partial charge in [0.15, 0.2) is 11.6 Å². The number of ether oxygens (including phenoxy) is 1.